The van der Waals surface area contributed by atoms with Gasteiger partial charge in [0.25, 0.3) is 0 Å². The largest absolute Gasteiger partial charge is 0.494 e. The zero-order valence-electron chi connectivity index (χ0n) is 11.2. The molecule has 1 aromatic rings. The fourth-order valence-corrected chi connectivity index (χ4v) is 1.52. The fraction of sp³-hybridized carbons (Fsp3) is 0.500. The molecule has 0 aliphatic rings. The molecule has 0 aliphatic heterocycles. The highest BCUT2D eigenvalue weighted by atomic mass is 16.5. The topological polar surface area (TPSA) is 76.0 Å². The molecular weight excluding hydrogens is 248 g/mol. The van der Waals surface area contributed by atoms with E-state index in [9.17, 15) is 15.0 Å². The fourth-order valence-electron chi connectivity index (χ4n) is 1.52. The minimum Gasteiger partial charge on any atom is -0.494 e. The maximum atomic E-state index is 11.3. The van der Waals surface area contributed by atoms with Gasteiger partial charge in [0.2, 0.25) is 0 Å². The molecule has 5 heteroatoms. The normalized spacial score (nSPS) is 13.7. The Morgan fingerprint density at radius 2 is 1.84 bits per heavy atom. The highest BCUT2D eigenvalue weighted by molar-refractivity contribution is 5.75. The molecule has 0 saturated carbocycles. The third-order valence-corrected chi connectivity index (χ3v) is 2.52. The molecule has 5 nitrogen and oxygen atoms in total. The molecule has 0 saturated heterocycles. The van der Waals surface area contributed by atoms with E-state index in [2.05, 4.69) is 4.74 Å². The van der Waals surface area contributed by atoms with Gasteiger partial charge in [-0.3, -0.25) is 0 Å². The second-order valence-corrected chi connectivity index (χ2v) is 4.06. The van der Waals surface area contributed by atoms with Crippen LogP contribution in [0.1, 0.15) is 31.9 Å². The second-order valence-electron chi connectivity index (χ2n) is 4.06. The summed E-state index contributed by atoms with van der Waals surface area (Å²) in [5.41, 5.74) is 0.435. The lowest BCUT2D eigenvalue weighted by atomic mass is 10.0. The molecule has 2 N–H and O–H groups in total. The summed E-state index contributed by atoms with van der Waals surface area (Å²) in [5.74, 6) is -0.148. The third kappa shape index (κ3) is 4.54. The monoisotopic (exact) mass is 268 g/mol. The minimum absolute atomic E-state index is 0.159. The van der Waals surface area contributed by atoms with Crippen molar-refractivity contribution >= 4 is 5.97 Å². The van der Waals surface area contributed by atoms with Gasteiger partial charge in [-0.05, 0) is 31.0 Å². The van der Waals surface area contributed by atoms with E-state index in [-0.39, 0.29) is 6.61 Å². The number of carbonyl (C=O) groups excluding carboxylic acids is 1. The first kappa shape index (κ1) is 15.5. The molecule has 0 spiro atoms. The van der Waals surface area contributed by atoms with E-state index in [0.29, 0.717) is 17.9 Å². The maximum absolute atomic E-state index is 11.3. The van der Waals surface area contributed by atoms with Gasteiger partial charge in [-0.15, -0.1) is 0 Å². The molecule has 2 unspecified atom stereocenters. The SMILES string of the molecule is CCCOc1ccc(C(O)C(O)C(=O)OCC)cc1. The van der Waals surface area contributed by atoms with Crippen LogP contribution in [0.4, 0.5) is 0 Å². The summed E-state index contributed by atoms with van der Waals surface area (Å²) in [4.78, 5) is 11.3. The number of rotatable bonds is 7. The summed E-state index contributed by atoms with van der Waals surface area (Å²) < 4.78 is 10.1. The number of esters is 1. The number of hydrogen-bond acceptors (Lipinski definition) is 5. The zero-order valence-corrected chi connectivity index (χ0v) is 11.2. The van der Waals surface area contributed by atoms with E-state index in [0.717, 1.165) is 6.42 Å². The first-order chi connectivity index (χ1) is 9.10. The lowest BCUT2D eigenvalue weighted by Gasteiger charge is -2.17. The van der Waals surface area contributed by atoms with Crippen molar-refractivity contribution in [2.45, 2.75) is 32.5 Å². The Morgan fingerprint density at radius 3 is 2.37 bits per heavy atom. The van der Waals surface area contributed by atoms with Crippen molar-refractivity contribution in [2.75, 3.05) is 13.2 Å². The molecule has 0 fully saturated rings. The molecule has 1 rings (SSSR count). The van der Waals surface area contributed by atoms with Crippen LogP contribution in [-0.4, -0.2) is 35.5 Å². The second kappa shape index (κ2) is 7.76. The highest BCUT2D eigenvalue weighted by Gasteiger charge is 2.26. The van der Waals surface area contributed by atoms with Crippen LogP contribution >= 0.6 is 0 Å². The number of carbonyl (C=O) groups is 1. The van der Waals surface area contributed by atoms with Crippen molar-refractivity contribution in [2.24, 2.45) is 0 Å². The molecule has 0 radical (unpaired) electrons. The maximum Gasteiger partial charge on any atom is 0.338 e. The predicted octanol–water partition coefficient (Wildman–Crippen LogP) is 1.43. The number of benzene rings is 1. The molecule has 0 aromatic heterocycles. The van der Waals surface area contributed by atoms with Crippen LogP contribution in [0.25, 0.3) is 0 Å². The molecule has 1 aromatic carbocycles. The molecular formula is C14H20O5. The van der Waals surface area contributed by atoms with Gasteiger partial charge in [0, 0.05) is 0 Å². The Bertz CT molecular complexity index is 387. The molecule has 0 aliphatic carbocycles. The average molecular weight is 268 g/mol. The Balaban J connectivity index is 2.66. The van der Waals surface area contributed by atoms with Gasteiger partial charge in [0.15, 0.2) is 6.10 Å². The van der Waals surface area contributed by atoms with Gasteiger partial charge in [0.05, 0.1) is 13.2 Å². The Labute approximate surface area is 112 Å². The Morgan fingerprint density at radius 1 is 1.21 bits per heavy atom. The van der Waals surface area contributed by atoms with Gasteiger partial charge in [-0.25, -0.2) is 4.79 Å². The summed E-state index contributed by atoms with van der Waals surface area (Å²) in [6, 6.07) is 6.59. The number of hydrogen-bond donors (Lipinski definition) is 2. The molecule has 19 heavy (non-hydrogen) atoms. The van der Waals surface area contributed by atoms with Crippen LogP contribution in [0.15, 0.2) is 24.3 Å². The van der Waals surface area contributed by atoms with Crippen molar-refractivity contribution in [3.63, 3.8) is 0 Å². The lowest BCUT2D eigenvalue weighted by molar-refractivity contribution is -0.159. The lowest BCUT2D eigenvalue weighted by Crippen LogP contribution is -2.29. The van der Waals surface area contributed by atoms with Crippen LogP contribution < -0.4 is 4.74 Å². The van der Waals surface area contributed by atoms with Crippen molar-refractivity contribution in [3.8, 4) is 5.75 Å². The molecule has 2 atom stereocenters. The number of aliphatic hydroxyl groups excluding tert-OH is 2. The summed E-state index contributed by atoms with van der Waals surface area (Å²) in [6.45, 7) is 4.42. The van der Waals surface area contributed by atoms with Crippen molar-refractivity contribution in [1.29, 1.82) is 0 Å². The van der Waals surface area contributed by atoms with E-state index in [1.807, 2.05) is 6.92 Å². The summed E-state index contributed by atoms with van der Waals surface area (Å²) >= 11 is 0. The summed E-state index contributed by atoms with van der Waals surface area (Å²) in [6.07, 6.45) is -1.98. The molecule has 0 bridgehead atoms. The Hall–Kier alpha value is -1.59. The minimum atomic E-state index is -1.58. The van der Waals surface area contributed by atoms with E-state index < -0.39 is 18.2 Å². The first-order valence-corrected chi connectivity index (χ1v) is 6.35. The van der Waals surface area contributed by atoms with E-state index in [1.54, 1.807) is 31.2 Å². The van der Waals surface area contributed by atoms with E-state index >= 15 is 0 Å². The van der Waals surface area contributed by atoms with Crippen molar-refractivity contribution in [1.82, 2.24) is 0 Å². The molecule has 106 valence electrons. The van der Waals surface area contributed by atoms with Gasteiger partial charge >= 0.3 is 5.97 Å². The summed E-state index contributed by atoms with van der Waals surface area (Å²) in [5, 5.41) is 19.5. The van der Waals surface area contributed by atoms with Gasteiger partial charge in [-0.2, -0.15) is 0 Å². The van der Waals surface area contributed by atoms with E-state index in [1.165, 1.54) is 0 Å². The van der Waals surface area contributed by atoms with Gasteiger partial charge in [0.1, 0.15) is 11.9 Å². The number of aliphatic hydroxyl groups is 2. The van der Waals surface area contributed by atoms with Crippen LogP contribution in [0.5, 0.6) is 5.75 Å². The number of ether oxygens (including phenoxy) is 2. The van der Waals surface area contributed by atoms with E-state index in [4.69, 9.17) is 4.74 Å². The molecule has 0 heterocycles. The average Bonchev–Trinajstić information content (AvgIpc) is 2.44. The van der Waals surface area contributed by atoms with Crippen LogP contribution in [0.3, 0.4) is 0 Å². The van der Waals surface area contributed by atoms with Gasteiger partial charge < -0.3 is 19.7 Å². The van der Waals surface area contributed by atoms with Crippen molar-refractivity contribution in [3.05, 3.63) is 29.8 Å². The quantitative estimate of drug-likeness (QED) is 0.732. The molecule has 0 amide bonds. The van der Waals surface area contributed by atoms with Crippen molar-refractivity contribution < 1.29 is 24.5 Å². The summed E-state index contributed by atoms with van der Waals surface area (Å²) in [7, 11) is 0. The smallest absolute Gasteiger partial charge is 0.338 e. The third-order valence-electron chi connectivity index (χ3n) is 2.52. The van der Waals surface area contributed by atoms with Crippen LogP contribution in [0, 0.1) is 0 Å². The highest BCUT2D eigenvalue weighted by Crippen LogP contribution is 2.21. The standard InChI is InChI=1S/C14H20O5/c1-3-9-19-11-7-5-10(6-8-11)12(15)13(16)14(17)18-4-2/h5-8,12-13,15-16H,3-4,9H2,1-2H3. The zero-order chi connectivity index (χ0) is 14.3. The first-order valence-electron chi connectivity index (χ1n) is 6.35. The Kier molecular flexibility index (Phi) is 6.32. The predicted molar refractivity (Wildman–Crippen MR) is 69.8 cm³/mol. The van der Waals surface area contributed by atoms with Crippen LogP contribution in [-0.2, 0) is 9.53 Å². The van der Waals surface area contributed by atoms with Crippen LogP contribution in [0.2, 0.25) is 0 Å². The van der Waals surface area contributed by atoms with Gasteiger partial charge in [-0.1, -0.05) is 19.1 Å².